The molecule has 0 aliphatic rings. The summed E-state index contributed by atoms with van der Waals surface area (Å²) in [6.07, 6.45) is 1.66. The maximum Gasteiger partial charge on any atom is 0.227 e. The molecular formula is C25H37IN4O3. The van der Waals surface area contributed by atoms with Crippen LogP contribution in [0, 0.1) is 5.92 Å². The molecule has 33 heavy (non-hydrogen) atoms. The minimum Gasteiger partial charge on any atom is -0.493 e. The molecule has 0 aromatic heterocycles. The van der Waals surface area contributed by atoms with Crippen LogP contribution < -0.4 is 20.1 Å². The van der Waals surface area contributed by atoms with E-state index >= 15 is 0 Å². The Morgan fingerprint density at radius 1 is 1.09 bits per heavy atom. The number of halogens is 1. The Balaban J connectivity index is 0.00000544. The van der Waals surface area contributed by atoms with E-state index in [2.05, 4.69) is 20.5 Å². The molecule has 0 aliphatic heterocycles. The number of guanidine groups is 1. The van der Waals surface area contributed by atoms with Crippen molar-refractivity contribution in [3.8, 4) is 11.5 Å². The summed E-state index contributed by atoms with van der Waals surface area (Å²) >= 11 is 0. The number of hydrogen-bond donors (Lipinski definition) is 2. The number of benzene rings is 2. The van der Waals surface area contributed by atoms with Crippen LogP contribution in [-0.4, -0.2) is 51.6 Å². The first-order valence-electron chi connectivity index (χ1n) is 10.9. The van der Waals surface area contributed by atoms with E-state index in [4.69, 9.17) is 9.47 Å². The zero-order chi connectivity index (χ0) is 23.5. The van der Waals surface area contributed by atoms with Gasteiger partial charge in [0, 0.05) is 38.8 Å². The van der Waals surface area contributed by atoms with Crippen LogP contribution in [-0.2, 0) is 17.8 Å². The van der Waals surface area contributed by atoms with Gasteiger partial charge in [0.2, 0.25) is 5.91 Å². The lowest BCUT2D eigenvalue weighted by Gasteiger charge is -2.22. The summed E-state index contributed by atoms with van der Waals surface area (Å²) in [6, 6.07) is 13.9. The number of methoxy groups -OCH3 is 2. The van der Waals surface area contributed by atoms with Gasteiger partial charge >= 0.3 is 0 Å². The Bertz CT molecular complexity index is 920. The van der Waals surface area contributed by atoms with E-state index in [1.165, 1.54) is 0 Å². The second kappa shape index (κ2) is 14.6. The SMILES string of the molecule is CCC(C)C(=O)Nc1cccc(CNC(=NC)N(C)CCc2ccc(OC)c(OC)c2)c1.I. The molecule has 1 amide bonds. The third kappa shape index (κ3) is 8.75. The quantitative estimate of drug-likeness (QED) is 0.250. The van der Waals surface area contributed by atoms with Crippen molar-refractivity contribution in [2.75, 3.05) is 40.2 Å². The fourth-order valence-electron chi connectivity index (χ4n) is 3.21. The number of likely N-dealkylation sites (N-methyl/N-ethyl adjacent to an activating group) is 1. The Morgan fingerprint density at radius 2 is 1.82 bits per heavy atom. The van der Waals surface area contributed by atoms with Crippen LogP contribution in [0.2, 0.25) is 0 Å². The van der Waals surface area contributed by atoms with Crippen molar-refractivity contribution in [2.24, 2.45) is 10.9 Å². The fourth-order valence-corrected chi connectivity index (χ4v) is 3.21. The van der Waals surface area contributed by atoms with Crippen LogP contribution in [0.25, 0.3) is 0 Å². The van der Waals surface area contributed by atoms with Gasteiger partial charge in [-0.3, -0.25) is 9.79 Å². The number of carbonyl (C=O) groups is 1. The van der Waals surface area contributed by atoms with Gasteiger partial charge in [0.15, 0.2) is 17.5 Å². The van der Waals surface area contributed by atoms with Gasteiger partial charge in [-0.2, -0.15) is 0 Å². The Morgan fingerprint density at radius 3 is 2.45 bits per heavy atom. The molecule has 2 N–H and O–H groups in total. The lowest BCUT2D eigenvalue weighted by Crippen LogP contribution is -2.39. The lowest BCUT2D eigenvalue weighted by molar-refractivity contribution is -0.119. The molecular weight excluding hydrogens is 531 g/mol. The second-order valence-electron chi connectivity index (χ2n) is 7.76. The summed E-state index contributed by atoms with van der Waals surface area (Å²) in [5.74, 6) is 2.30. The minimum absolute atomic E-state index is 0. The molecule has 0 saturated heterocycles. The molecule has 2 aromatic carbocycles. The first kappa shape index (κ1) is 28.5. The van der Waals surface area contributed by atoms with Gasteiger partial charge < -0.3 is 25.0 Å². The summed E-state index contributed by atoms with van der Waals surface area (Å²) in [7, 11) is 7.07. The number of rotatable bonds is 10. The number of carbonyl (C=O) groups excluding carboxylic acids is 1. The van der Waals surface area contributed by atoms with Gasteiger partial charge in [-0.15, -0.1) is 24.0 Å². The van der Waals surface area contributed by atoms with Gasteiger partial charge in [-0.1, -0.05) is 32.0 Å². The Labute approximate surface area is 215 Å². The highest BCUT2D eigenvalue weighted by Crippen LogP contribution is 2.27. The molecule has 1 unspecified atom stereocenters. The normalized spacial score (nSPS) is 11.8. The van der Waals surface area contributed by atoms with Crippen molar-refractivity contribution in [2.45, 2.75) is 33.2 Å². The van der Waals surface area contributed by atoms with E-state index in [1.54, 1.807) is 21.3 Å². The van der Waals surface area contributed by atoms with E-state index in [0.717, 1.165) is 53.7 Å². The second-order valence-corrected chi connectivity index (χ2v) is 7.76. The molecule has 0 heterocycles. The summed E-state index contributed by atoms with van der Waals surface area (Å²) in [4.78, 5) is 18.6. The Kier molecular flexibility index (Phi) is 12.6. The third-order valence-electron chi connectivity index (χ3n) is 5.46. The molecule has 8 heteroatoms. The highest BCUT2D eigenvalue weighted by atomic mass is 127. The zero-order valence-electron chi connectivity index (χ0n) is 20.5. The zero-order valence-corrected chi connectivity index (χ0v) is 22.8. The van der Waals surface area contributed by atoms with Crippen LogP contribution in [0.4, 0.5) is 5.69 Å². The Hall–Kier alpha value is -2.49. The molecule has 1 atom stereocenters. The molecule has 0 fully saturated rings. The number of anilines is 1. The molecule has 0 radical (unpaired) electrons. The average Bonchev–Trinajstić information content (AvgIpc) is 2.82. The summed E-state index contributed by atoms with van der Waals surface area (Å²) in [6.45, 7) is 5.35. The summed E-state index contributed by atoms with van der Waals surface area (Å²) in [5, 5.41) is 6.38. The molecule has 0 aliphatic carbocycles. The van der Waals surface area contributed by atoms with Crippen molar-refractivity contribution >= 4 is 41.5 Å². The van der Waals surface area contributed by atoms with Crippen LogP contribution in [0.1, 0.15) is 31.4 Å². The van der Waals surface area contributed by atoms with Crippen LogP contribution in [0.15, 0.2) is 47.5 Å². The summed E-state index contributed by atoms with van der Waals surface area (Å²) in [5.41, 5.74) is 3.04. The van der Waals surface area contributed by atoms with Crippen molar-refractivity contribution in [1.29, 1.82) is 0 Å². The first-order chi connectivity index (χ1) is 15.4. The van der Waals surface area contributed by atoms with Gasteiger partial charge in [-0.05, 0) is 48.2 Å². The van der Waals surface area contributed by atoms with Crippen molar-refractivity contribution in [3.63, 3.8) is 0 Å². The van der Waals surface area contributed by atoms with Gasteiger partial charge in [0.25, 0.3) is 0 Å². The topological polar surface area (TPSA) is 75.2 Å². The van der Waals surface area contributed by atoms with Gasteiger partial charge in [0.05, 0.1) is 14.2 Å². The average molecular weight is 569 g/mol. The number of nitrogens with one attached hydrogen (secondary N) is 2. The molecule has 7 nitrogen and oxygen atoms in total. The van der Waals surface area contributed by atoms with E-state index in [0.29, 0.717) is 6.54 Å². The lowest BCUT2D eigenvalue weighted by atomic mass is 10.1. The number of aliphatic imine (C=N–C) groups is 1. The molecule has 2 aromatic rings. The number of amides is 1. The molecule has 0 bridgehead atoms. The van der Waals surface area contributed by atoms with Gasteiger partial charge in [0.1, 0.15) is 0 Å². The van der Waals surface area contributed by atoms with Crippen LogP contribution in [0.5, 0.6) is 11.5 Å². The van der Waals surface area contributed by atoms with Crippen LogP contribution >= 0.6 is 24.0 Å². The first-order valence-corrected chi connectivity index (χ1v) is 10.9. The smallest absolute Gasteiger partial charge is 0.227 e. The largest absolute Gasteiger partial charge is 0.493 e. The minimum atomic E-state index is -0.00470. The van der Waals surface area contributed by atoms with Crippen molar-refractivity contribution in [1.82, 2.24) is 10.2 Å². The molecule has 182 valence electrons. The highest BCUT2D eigenvalue weighted by Gasteiger charge is 2.11. The summed E-state index contributed by atoms with van der Waals surface area (Å²) < 4.78 is 10.7. The highest BCUT2D eigenvalue weighted by molar-refractivity contribution is 14.0. The molecule has 0 saturated carbocycles. The maximum absolute atomic E-state index is 12.2. The number of ether oxygens (including phenoxy) is 2. The van der Waals surface area contributed by atoms with E-state index < -0.39 is 0 Å². The standard InChI is InChI=1S/C25H36N4O3.HI/c1-7-18(2)24(30)28-21-10-8-9-20(15-21)17-27-25(26-3)29(4)14-13-19-11-12-22(31-5)23(16-19)32-6;/h8-12,15-16,18H,7,13-14,17H2,1-6H3,(H,26,27)(H,28,30);1H. The van der Waals surface area contributed by atoms with Gasteiger partial charge in [-0.25, -0.2) is 0 Å². The van der Waals surface area contributed by atoms with E-state index in [9.17, 15) is 4.79 Å². The molecule has 2 rings (SSSR count). The monoisotopic (exact) mass is 568 g/mol. The van der Waals surface area contributed by atoms with E-state index in [1.807, 2.05) is 63.4 Å². The van der Waals surface area contributed by atoms with E-state index in [-0.39, 0.29) is 35.8 Å². The molecule has 0 spiro atoms. The number of nitrogens with zero attached hydrogens (tertiary/aromatic N) is 2. The fraction of sp³-hybridized carbons (Fsp3) is 0.440. The third-order valence-corrected chi connectivity index (χ3v) is 5.46. The predicted octanol–water partition coefficient (Wildman–Crippen LogP) is 4.56. The maximum atomic E-state index is 12.2. The predicted molar refractivity (Wildman–Crippen MR) is 146 cm³/mol. The number of hydrogen-bond acceptors (Lipinski definition) is 4. The van der Waals surface area contributed by atoms with Crippen molar-refractivity contribution in [3.05, 3.63) is 53.6 Å². The van der Waals surface area contributed by atoms with Crippen LogP contribution in [0.3, 0.4) is 0 Å². The van der Waals surface area contributed by atoms with Crippen molar-refractivity contribution < 1.29 is 14.3 Å².